The number of carbonyl (C=O) groups is 2. The Morgan fingerprint density at radius 2 is 2.21 bits per heavy atom. The Morgan fingerprint density at radius 1 is 1.42 bits per heavy atom. The summed E-state index contributed by atoms with van der Waals surface area (Å²) in [5.41, 5.74) is 0.644. The molecule has 3 atom stereocenters. The van der Waals surface area contributed by atoms with Crippen LogP contribution in [0.15, 0.2) is 24.3 Å². The van der Waals surface area contributed by atoms with Crippen molar-refractivity contribution in [3.63, 3.8) is 0 Å². The Hall–Kier alpha value is -1.95. The molecule has 1 N–H and O–H groups in total. The predicted octanol–water partition coefficient (Wildman–Crippen LogP) is 1.51. The van der Waals surface area contributed by atoms with E-state index >= 15 is 0 Å². The molecule has 2 fully saturated rings. The second-order valence-corrected chi connectivity index (χ2v) is 6.81. The van der Waals surface area contributed by atoms with Gasteiger partial charge in [0.05, 0.1) is 24.5 Å². The highest BCUT2D eigenvalue weighted by Gasteiger charge is 2.50. The lowest BCUT2D eigenvalue weighted by Gasteiger charge is -2.22. The van der Waals surface area contributed by atoms with Gasteiger partial charge in [-0.25, -0.2) is 4.39 Å². The van der Waals surface area contributed by atoms with Crippen molar-refractivity contribution < 1.29 is 18.7 Å². The first-order valence-electron chi connectivity index (χ1n) is 8.41. The van der Waals surface area contributed by atoms with Gasteiger partial charge >= 0.3 is 0 Å². The monoisotopic (exact) mass is 334 g/mol. The highest BCUT2D eigenvalue weighted by molar-refractivity contribution is 5.84. The van der Waals surface area contributed by atoms with Gasteiger partial charge in [-0.1, -0.05) is 12.1 Å². The number of carbonyl (C=O) groups excluding carboxylic acids is 2. The molecule has 0 aromatic heterocycles. The molecule has 0 radical (unpaired) electrons. The van der Waals surface area contributed by atoms with Crippen LogP contribution < -0.4 is 5.32 Å². The molecule has 24 heavy (non-hydrogen) atoms. The Bertz CT molecular complexity index is 634. The molecular formula is C18H23FN2O3. The van der Waals surface area contributed by atoms with Gasteiger partial charge in [0.1, 0.15) is 5.82 Å². The molecule has 5 nitrogen and oxygen atoms in total. The molecule has 3 rings (SSSR count). The molecular weight excluding hydrogens is 311 g/mol. The molecule has 0 spiro atoms. The molecule has 1 aromatic rings. The largest absolute Gasteiger partial charge is 0.375 e. The number of rotatable bonds is 4. The second kappa shape index (κ2) is 6.89. The summed E-state index contributed by atoms with van der Waals surface area (Å²) >= 11 is 0. The Morgan fingerprint density at radius 3 is 2.92 bits per heavy atom. The highest BCUT2D eigenvalue weighted by Crippen LogP contribution is 2.34. The summed E-state index contributed by atoms with van der Waals surface area (Å²) in [5, 5.41) is 2.91. The number of fused-ring (bicyclic) bond motifs is 1. The molecule has 2 aliphatic rings. The van der Waals surface area contributed by atoms with E-state index in [2.05, 4.69) is 5.32 Å². The highest BCUT2D eigenvalue weighted by atomic mass is 19.1. The minimum absolute atomic E-state index is 0.0504. The van der Waals surface area contributed by atoms with Crippen molar-refractivity contribution in [2.75, 3.05) is 13.2 Å². The van der Waals surface area contributed by atoms with Crippen molar-refractivity contribution in [1.29, 1.82) is 0 Å². The first kappa shape index (κ1) is 16.9. The number of amides is 2. The number of ether oxygens (including phenoxy) is 1. The summed E-state index contributed by atoms with van der Waals surface area (Å²) in [6.07, 6.45) is 0.644. The van der Waals surface area contributed by atoms with Crippen molar-refractivity contribution in [3.8, 4) is 0 Å². The number of benzene rings is 1. The van der Waals surface area contributed by atoms with E-state index in [0.717, 1.165) is 6.42 Å². The number of hydrogen-bond donors (Lipinski definition) is 1. The minimum Gasteiger partial charge on any atom is -0.375 e. The van der Waals surface area contributed by atoms with E-state index in [4.69, 9.17) is 4.74 Å². The molecule has 130 valence electrons. The fourth-order valence-electron chi connectivity index (χ4n) is 3.60. The lowest BCUT2D eigenvalue weighted by Crippen LogP contribution is -2.41. The maximum Gasteiger partial charge on any atom is 0.227 e. The van der Waals surface area contributed by atoms with Gasteiger partial charge in [-0.3, -0.25) is 9.59 Å². The zero-order chi connectivity index (χ0) is 17.3. The molecule has 2 saturated heterocycles. The van der Waals surface area contributed by atoms with E-state index in [1.807, 2.05) is 13.8 Å². The van der Waals surface area contributed by atoms with E-state index in [0.29, 0.717) is 18.7 Å². The smallest absolute Gasteiger partial charge is 0.227 e. The van der Waals surface area contributed by atoms with Gasteiger partial charge in [-0.05, 0) is 38.0 Å². The first-order chi connectivity index (χ1) is 11.5. The van der Waals surface area contributed by atoms with Gasteiger partial charge in [-0.15, -0.1) is 0 Å². The van der Waals surface area contributed by atoms with Crippen LogP contribution in [0.3, 0.4) is 0 Å². The maximum atomic E-state index is 13.3. The van der Waals surface area contributed by atoms with Crippen LogP contribution in [0.5, 0.6) is 0 Å². The standard InChI is InChI=1S/C18H23FN2O3/c1-11(2)20-18(23)14-10-21(15-6-7-24-17(14)15)16(22)9-12-4-3-5-13(19)8-12/h3-5,8,11,14-15,17H,6-7,9-10H2,1-2H3,(H,20,23)/t14-,15+,17+/m1/s1. The van der Waals surface area contributed by atoms with Crippen molar-refractivity contribution in [2.45, 2.75) is 44.9 Å². The van der Waals surface area contributed by atoms with Crippen LogP contribution in [0, 0.1) is 11.7 Å². The lowest BCUT2D eigenvalue weighted by atomic mass is 10.0. The summed E-state index contributed by atoms with van der Waals surface area (Å²) in [6, 6.07) is 6.06. The molecule has 0 aliphatic carbocycles. The van der Waals surface area contributed by atoms with E-state index in [1.54, 1.807) is 17.0 Å². The van der Waals surface area contributed by atoms with Crippen LogP contribution in [-0.4, -0.2) is 48.1 Å². The number of nitrogens with one attached hydrogen (secondary N) is 1. The van der Waals surface area contributed by atoms with Crippen LogP contribution in [0.4, 0.5) is 4.39 Å². The van der Waals surface area contributed by atoms with E-state index in [1.165, 1.54) is 12.1 Å². The van der Waals surface area contributed by atoms with Crippen LogP contribution in [0.2, 0.25) is 0 Å². The van der Waals surface area contributed by atoms with E-state index in [-0.39, 0.29) is 48.2 Å². The average molecular weight is 334 g/mol. The van der Waals surface area contributed by atoms with Crippen LogP contribution in [0.1, 0.15) is 25.8 Å². The molecule has 0 saturated carbocycles. The number of hydrogen-bond acceptors (Lipinski definition) is 3. The normalized spacial score (nSPS) is 25.8. The Labute approximate surface area is 141 Å². The van der Waals surface area contributed by atoms with Crippen molar-refractivity contribution in [3.05, 3.63) is 35.6 Å². The third-order valence-electron chi connectivity index (χ3n) is 4.63. The topological polar surface area (TPSA) is 58.6 Å². The third-order valence-corrected chi connectivity index (χ3v) is 4.63. The van der Waals surface area contributed by atoms with Crippen LogP contribution >= 0.6 is 0 Å². The quantitative estimate of drug-likeness (QED) is 0.908. The van der Waals surface area contributed by atoms with E-state index < -0.39 is 0 Å². The number of halogens is 1. The van der Waals surface area contributed by atoms with Gasteiger partial charge in [0, 0.05) is 19.2 Å². The maximum absolute atomic E-state index is 13.3. The Kier molecular flexibility index (Phi) is 4.85. The molecule has 0 unspecified atom stereocenters. The average Bonchev–Trinajstić information content (AvgIpc) is 3.07. The molecule has 2 aliphatic heterocycles. The molecule has 6 heteroatoms. The molecule has 0 bridgehead atoms. The SMILES string of the molecule is CC(C)NC(=O)[C@@H]1CN(C(=O)Cc2cccc(F)c2)[C@H]2CCO[C@@H]12. The molecule has 1 aromatic carbocycles. The Balaban J connectivity index is 1.71. The fraction of sp³-hybridized carbons (Fsp3) is 0.556. The molecule has 2 heterocycles. The summed E-state index contributed by atoms with van der Waals surface area (Å²) in [7, 11) is 0. The number of nitrogens with zero attached hydrogens (tertiary/aromatic N) is 1. The zero-order valence-electron chi connectivity index (χ0n) is 14.0. The predicted molar refractivity (Wildman–Crippen MR) is 86.7 cm³/mol. The summed E-state index contributed by atoms with van der Waals surface area (Å²) < 4.78 is 19.0. The van der Waals surface area contributed by atoms with Gasteiger partial charge in [0.2, 0.25) is 11.8 Å². The van der Waals surface area contributed by atoms with Crippen molar-refractivity contribution >= 4 is 11.8 Å². The summed E-state index contributed by atoms with van der Waals surface area (Å²) in [4.78, 5) is 26.8. The van der Waals surface area contributed by atoms with Gasteiger partial charge in [0.15, 0.2) is 0 Å². The van der Waals surface area contributed by atoms with Crippen LogP contribution in [0.25, 0.3) is 0 Å². The summed E-state index contributed by atoms with van der Waals surface area (Å²) in [5.74, 6) is -0.835. The second-order valence-electron chi connectivity index (χ2n) is 6.81. The van der Waals surface area contributed by atoms with Crippen molar-refractivity contribution in [1.82, 2.24) is 10.2 Å². The first-order valence-corrected chi connectivity index (χ1v) is 8.41. The molecule has 2 amide bonds. The van der Waals surface area contributed by atoms with E-state index in [9.17, 15) is 14.0 Å². The number of likely N-dealkylation sites (tertiary alicyclic amines) is 1. The van der Waals surface area contributed by atoms with Crippen LogP contribution in [-0.2, 0) is 20.7 Å². The van der Waals surface area contributed by atoms with Gasteiger partial charge in [-0.2, -0.15) is 0 Å². The minimum atomic E-state index is -0.349. The van der Waals surface area contributed by atoms with Gasteiger partial charge in [0.25, 0.3) is 0 Å². The third kappa shape index (κ3) is 3.43. The van der Waals surface area contributed by atoms with Gasteiger partial charge < -0.3 is 15.0 Å². The lowest BCUT2D eigenvalue weighted by molar-refractivity contribution is -0.131. The van der Waals surface area contributed by atoms with Crippen molar-refractivity contribution in [2.24, 2.45) is 5.92 Å². The fourth-order valence-corrected chi connectivity index (χ4v) is 3.60. The summed E-state index contributed by atoms with van der Waals surface area (Å²) in [6.45, 7) is 4.74. The zero-order valence-corrected chi connectivity index (χ0v) is 14.0.